The number of amides is 2. The molecule has 7 atom stereocenters. The molecule has 3 heterocycles. The number of imidazole rings is 1. The predicted octanol–water partition coefficient (Wildman–Crippen LogP) is 4.48. The van der Waals surface area contributed by atoms with E-state index in [0.717, 1.165) is 80.4 Å². The molecule has 0 aromatic carbocycles. The molecule has 0 radical (unpaired) electrons. The molecule has 0 spiro atoms. The number of hydrogen-bond acceptors (Lipinski definition) is 18. The number of aliphatic hydroxyl groups excluding tert-OH is 2. The van der Waals surface area contributed by atoms with Gasteiger partial charge in [-0.1, -0.05) is 95.4 Å². The zero-order chi connectivity index (χ0) is 49.7. The van der Waals surface area contributed by atoms with Crippen molar-refractivity contribution in [3.63, 3.8) is 0 Å². The van der Waals surface area contributed by atoms with Crippen molar-refractivity contribution in [1.29, 1.82) is 0 Å². The second-order valence-corrected chi connectivity index (χ2v) is 21.7. The molecular formula is C39H66N7O17P3S. The van der Waals surface area contributed by atoms with Crippen molar-refractivity contribution in [2.45, 2.75) is 135 Å². The molecule has 3 rings (SSSR count). The number of aromatic nitrogens is 4. The van der Waals surface area contributed by atoms with E-state index in [-0.39, 0.29) is 41.6 Å². The summed E-state index contributed by atoms with van der Waals surface area (Å²) >= 11 is 1.14. The molecule has 28 heteroatoms. The molecule has 1 saturated heterocycles. The molecule has 1 fully saturated rings. The van der Waals surface area contributed by atoms with Crippen LogP contribution in [0.25, 0.3) is 11.2 Å². The van der Waals surface area contributed by atoms with Crippen LogP contribution in [0, 0.1) is 5.41 Å². The topological polar surface area (TPSA) is 364 Å². The Bertz CT molecular complexity index is 2090. The Morgan fingerprint density at radius 1 is 0.910 bits per heavy atom. The van der Waals surface area contributed by atoms with E-state index in [2.05, 4.69) is 65.6 Å². The normalized spacial score (nSPS) is 20.3. The molecule has 2 amide bonds. The van der Waals surface area contributed by atoms with Gasteiger partial charge in [0.15, 0.2) is 22.8 Å². The number of hydrogen-bond donors (Lipinski definition) is 9. The highest BCUT2D eigenvalue weighted by Gasteiger charge is 2.50. The molecule has 2 aromatic heterocycles. The minimum absolute atomic E-state index is 0.0323. The number of nitrogen functional groups attached to an aromatic ring is 1. The Kier molecular flexibility index (Phi) is 24.9. The molecule has 2 aromatic rings. The largest absolute Gasteiger partial charge is 0.481 e. The number of thioether (sulfide) groups is 1. The summed E-state index contributed by atoms with van der Waals surface area (Å²) in [5.41, 5.74) is 4.28. The SMILES string of the molecule is CCCCC/C=C/C=C/CCCCCCCCC(=O)SCCNC(=O)CCNC(=O)C(O)C(C)(C)COP(=O)(O)OP(=O)(O)OCC1OC(n2cnc3c(N)ncnc32)C(O)C1OP(=O)(O)O. The van der Waals surface area contributed by atoms with E-state index < -0.39 is 84.6 Å². The summed E-state index contributed by atoms with van der Waals surface area (Å²) in [4.78, 5) is 88.3. The van der Waals surface area contributed by atoms with Crippen LogP contribution in [-0.4, -0.2) is 123 Å². The lowest BCUT2D eigenvalue weighted by Crippen LogP contribution is -2.46. The van der Waals surface area contributed by atoms with Gasteiger partial charge in [0.05, 0.1) is 19.5 Å². The van der Waals surface area contributed by atoms with Crippen LogP contribution in [0.15, 0.2) is 37.0 Å². The summed E-state index contributed by atoms with van der Waals surface area (Å²) in [5.74, 6) is -1.04. The lowest BCUT2D eigenvalue weighted by atomic mass is 9.87. The van der Waals surface area contributed by atoms with E-state index in [4.69, 9.17) is 19.5 Å². The summed E-state index contributed by atoms with van der Waals surface area (Å²) in [6, 6.07) is 0. The highest BCUT2D eigenvalue weighted by atomic mass is 32.2. The zero-order valence-electron chi connectivity index (χ0n) is 37.9. The number of ether oxygens (including phenoxy) is 1. The second-order valence-electron chi connectivity index (χ2n) is 16.3. The van der Waals surface area contributed by atoms with Gasteiger partial charge in [-0.15, -0.1) is 0 Å². The number of allylic oxidation sites excluding steroid dienone is 4. The quantitative estimate of drug-likeness (QED) is 0.0270. The highest BCUT2D eigenvalue weighted by molar-refractivity contribution is 8.13. The summed E-state index contributed by atoms with van der Waals surface area (Å²) in [6.45, 7) is 2.76. The van der Waals surface area contributed by atoms with Crippen molar-refractivity contribution in [3.05, 3.63) is 37.0 Å². The average Bonchev–Trinajstić information content (AvgIpc) is 3.81. The summed E-state index contributed by atoms with van der Waals surface area (Å²) in [5, 5.41) is 26.6. The number of carbonyl (C=O) groups is 3. The second kappa shape index (κ2) is 28.6. The molecular weight excluding hydrogens is 963 g/mol. The van der Waals surface area contributed by atoms with Gasteiger partial charge in [-0.3, -0.25) is 32.5 Å². The molecule has 10 N–H and O–H groups in total. The average molecular weight is 1030 g/mol. The number of fused-ring (bicyclic) bond motifs is 1. The van der Waals surface area contributed by atoms with Gasteiger partial charge in [-0.05, 0) is 32.1 Å². The van der Waals surface area contributed by atoms with Gasteiger partial charge < -0.3 is 50.9 Å². The number of nitrogens with zero attached hydrogens (tertiary/aromatic N) is 4. The van der Waals surface area contributed by atoms with Gasteiger partial charge >= 0.3 is 23.5 Å². The van der Waals surface area contributed by atoms with Crippen LogP contribution < -0.4 is 16.4 Å². The van der Waals surface area contributed by atoms with E-state index in [1.165, 1.54) is 33.1 Å². The molecule has 1 aliphatic rings. The number of carbonyl (C=O) groups excluding carboxylic acids is 3. The first-order valence-electron chi connectivity index (χ1n) is 21.9. The predicted molar refractivity (Wildman–Crippen MR) is 246 cm³/mol. The van der Waals surface area contributed by atoms with Gasteiger partial charge in [-0.2, -0.15) is 4.31 Å². The van der Waals surface area contributed by atoms with Crippen molar-refractivity contribution < 1.29 is 80.5 Å². The fourth-order valence-corrected chi connectivity index (χ4v) is 10.0. The van der Waals surface area contributed by atoms with Crippen molar-refractivity contribution in [2.75, 3.05) is 37.8 Å². The van der Waals surface area contributed by atoms with Gasteiger partial charge in [-0.25, -0.2) is 28.6 Å². The third kappa shape index (κ3) is 21.7. The molecule has 0 aliphatic carbocycles. The number of aliphatic hydroxyl groups is 2. The molecule has 24 nitrogen and oxygen atoms in total. The van der Waals surface area contributed by atoms with E-state index >= 15 is 0 Å². The Labute approximate surface area is 393 Å². The summed E-state index contributed by atoms with van der Waals surface area (Å²) in [6.07, 6.45) is 14.6. The fourth-order valence-electron chi connectivity index (χ4n) is 6.47. The van der Waals surface area contributed by atoms with E-state index in [9.17, 15) is 57.9 Å². The summed E-state index contributed by atoms with van der Waals surface area (Å²) in [7, 11) is -16.4. The maximum Gasteiger partial charge on any atom is 0.481 e. The lowest BCUT2D eigenvalue weighted by molar-refractivity contribution is -0.137. The molecule has 0 saturated carbocycles. The van der Waals surface area contributed by atoms with Crippen molar-refractivity contribution in [3.8, 4) is 0 Å². The summed E-state index contributed by atoms with van der Waals surface area (Å²) < 4.78 is 62.4. The van der Waals surface area contributed by atoms with Gasteiger partial charge in [0.2, 0.25) is 11.8 Å². The maximum atomic E-state index is 12.7. The Balaban J connectivity index is 1.31. The van der Waals surface area contributed by atoms with Crippen molar-refractivity contribution >= 4 is 69.1 Å². The molecule has 380 valence electrons. The molecule has 67 heavy (non-hydrogen) atoms. The van der Waals surface area contributed by atoms with E-state index in [0.29, 0.717) is 12.2 Å². The van der Waals surface area contributed by atoms with Gasteiger partial charge in [0, 0.05) is 37.1 Å². The number of unbranched alkanes of at least 4 members (excludes halogenated alkanes) is 9. The van der Waals surface area contributed by atoms with Crippen LogP contribution in [0.2, 0.25) is 0 Å². The molecule has 0 bridgehead atoms. The van der Waals surface area contributed by atoms with Gasteiger partial charge in [0.25, 0.3) is 0 Å². The Morgan fingerprint density at radius 3 is 2.22 bits per heavy atom. The molecule has 7 unspecified atom stereocenters. The number of rotatable bonds is 33. The van der Waals surface area contributed by atoms with Crippen LogP contribution in [-0.2, 0) is 50.7 Å². The van der Waals surface area contributed by atoms with Crippen molar-refractivity contribution in [1.82, 2.24) is 30.2 Å². The van der Waals surface area contributed by atoms with Crippen LogP contribution in [0.1, 0.15) is 110 Å². The van der Waals surface area contributed by atoms with E-state index in [1.54, 1.807) is 0 Å². The van der Waals surface area contributed by atoms with Crippen LogP contribution >= 0.6 is 35.2 Å². The lowest BCUT2D eigenvalue weighted by Gasteiger charge is -2.30. The first-order chi connectivity index (χ1) is 31.6. The van der Waals surface area contributed by atoms with Crippen LogP contribution in [0.4, 0.5) is 5.82 Å². The third-order valence-electron chi connectivity index (χ3n) is 10.1. The highest BCUT2D eigenvalue weighted by Crippen LogP contribution is 2.61. The molecule has 1 aliphatic heterocycles. The number of phosphoric acid groups is 3. The number of anilines is 1. The first kappa shape index (κ1) is 58.4. The maximum absolute atomic E-state index is 12.7. The zero-order valence-corrected chi connectivity index (χ0v) is 41.4. The first-order valence-corrected chi connectivity index (χ1v) is 27.4. The van der Waals surface area contributed by atoms with Gasteiger partial charge in [0.1, 0.15) is 36.3 Å². The smallest absolute Gasteiger partial charge is 0.386 e. The van der Waals surface area contributed by atoms with Crippen LogP contribution in [0.3, 0.4) is 0 Å². The number of nitrogens with two attached hydrogens (primary N) is 1. The van der Waals surface area contributed by atoms with Crippen LogP contribution in [0.5, 0.6) is 0 Å². The van der Waals surface area contributed by atoms with Crippen molar-refractivity contribution in [2.24, 2.45) is 5.41 Å². The number of nitrogens with one attached hydrogen (secondary N) is 2. The standard InChI is InChI=1S/C39H66N7O17P3S/c1-4-5-6-7-8-9-10-11-12-13-14-15-16-17-18-19-30(48)67-23-22-41-29(47)20-21-42-37(51)34(50)39(2,3)25-60-66(57,58)63-65(55,56)59-24-28-33(62-64(52,53)54)32(49)38(61-28)46-27-45-31-35(40)43-26-44-36(31)46/h8-11,26-28,32-34,38,49-50H,4-7,12-25H2,1-3H3,(H,41,47)(H,42,51)(H,55,56)(H,57,58)(H2,40,43,44)(H2,52,53,54)/b9-8+,11-10+. The monoisotopic (exact) mass is 1030 g/mol. The fraction of sp³-hybridized carbons (Fsp3) is 0.692. The minimum atomic E-state index is -5.58. The Morgan fingerprint density at radius 2 is 1.55 bits per heavy atom. The number of phosphoric ester groups is 3. The van der Waals surface area contributed by atoms with E-state index in [1.807, 2.05) is 0 Å². The Hall–Kier alpha value is -2.96. The minimum Gasteiger partial charge on any atom is -0.386 e. The third-order valence-corrected chi connectivity index (χ3v) is 14.2.